The van der Waals surface area contributed by atoms with E-state index in [2.05, 4.69) is 15.9 Å². The number of nitrogens with two attached hydrogens (primary N) is 1. The molecule has 1 aliphatic heterocycles. The van der Waals surface area contributed by atoms with E-state index in [1.54, 1.807) is 24.3 Å². The monoisotopic (exact) mass is 341 g/mol. The summed E-state index contributed by atoms with van der Waals surface area (Å²) < 4.78 is 0. The van der Waals surface area contributed by atoms with Gasteiger partial charge in [0, 0.05) is 17.1 Å². The molecule has 0 aromatic heterocycles. The molecule has 100 valence electrons. The topological polar surface area (TPSA) is 87.2 Å². The van der Waals surface area contributed by atoms with Gasteiger partial charge >= 0.3 is 0 Å². The highest BCUT2D eigenvalue weighted by atomic mass is 79.9. The van der Waals surface area contributed by atoms with E-state index < -0.39 is 0 Å². The van der Waals surface area contributed by atoms with E-state index in [-0.39, 0.29) is 28.4 Å². The summed E-state index contributed by atoms with van der Waals surface area (Å²) in [5, 5.41) is 7.15. The number of rotatable bonds is 4. The highest BCUT2D eigenvalue weighted by Crippen LogP contribution is 2.24. The molecule has 0 spiro atoms. The number of amides is 2. The van der Waals surface area contributed by atoms with Crippen molar-refractivity contribution in [2.45, 2.75) is 4.83 Å². The normalized spacial score (nSPS) is 15.5. The van der Waals surface area contributed by atoms with Gasteiger partial charge in [0.2, 0.25) is 0 Å². The van der Waals surface area contributed by atoms with Crippen LogP contribution in [0.2, 0.25) is 0 Å². The summed E-state index contributed by atoms with van der Waals surface area (Å²) in [6.07, 6.45) is 0. The van der Waals surface area contributed by atoms with Gasteiger partial charge in [-0.25, -0.2) is 0 Å². The van der Waals surface area contributed by atoms with Crippen molar-refractivity contribution >= 4 is 44.7 Å². The van der Waals surface area contributed by atoms with Crippen molar-refractivity contribution in [2.24, 2.45) is 5.73 Å². The summed E-state index contributed by atoms with van der Waals surface area (Å²) in [4.78, 5) is 25.3. The molecule has 7 heteroatoms. The van der Waals surface area contributed by atoms with Gasteiger partial charge in [0.15, 0.2) is 5.17 Å². The standard InChI is InChI=1S/C12H12BrN3O2S/c13-7(6-19-12(14)15)5-16-10(17)8-3-1-2-4-9(8)11(16)18/h1-4,7H,5-6H2,(H3,14,15)/t7-/m0/s1. The van der Waals surface area contributed by atoms with E-state index in [1.807, 2.05) is 0 Å². The van der Waals surface area contributed by atoms with Crippen LogP contribution in [0, 0.1) is 5.41 Å². The second-order valence-corrected chi connectivity index (χ2v) is 6.40. The van der Waals surface area contributed by atoms with Crippen molar-refractivity contribution in [3.8, 4) is 0 Å². The fraction of sp³-hybridized carbons (Fsp3) is 0.250. The quantitative estimate of drug-likeness (QED) is 0.377. The number of fused-ring (bicyclic) bond motifs is 1. The van der Waals surface area contributed by atoms with Gasteiger partial charge < -0.3 is 5.73 Å². The molecule has 19 heavy (non-hydrogen) atoms. The summed E-state index contributed by atoms with van der Waals surface area (Å²) in [5.41, 5.74) is 6.15. The van der Waals surface area contributed by atoms with Crippen LogP contribution < -0.4 is 5.73 Å². The third kappa shape index (κ3) is 2.98. The third-order valence-corrected chi connectivity index (χ3v) is 4.60. The lowest BCUT2D eigenvalue weighted by Crippen LogP contribution is -2.35. The molecule has 2 amide bonds. The Morgan fingerprint density at radius 1 is 1.32 bits per heavy atom. The van der Waals surface area contributed by atoms with Gasteiger partial charge in [-0.1, -0.05) is 39.8 Å². The number of hydrogen-bond donors (Lipinski definition) is 2. The summed E-state index contributed by atoms with van der Waals surface area (Å²) in [5.74, 6) is -0.00122. The summed E-state index contributed by atoms with van der Waals surface area (Å²) in [6.45, 7) is 0.270. The number of thioether (sulfide) groups is 1. The van der Waals surface area contributed by atoms with Gasteiger partial charge in [-0.3, -0.25) is 19.9 Å². The van der Waals surface area contributed by atoms with E-state index >= 15 is 0 Å². The van der Waals surface area contributed by atoms with Gasteiger partial charge in [-0.05, 0) is 12.1 Å². The van der Waals surface area contributed by atoms with Crippen LogP contribution in [0.3, 0.4) is 0 Å². The zero-order valence-corrected chi connectivity index (χ0v) is 12.3. The maximum Gasteiger partial charge on any atom is 0.261 e. The Kier molecular flexibility index (Phi) is 4.26. The molecule has 3 N–H and O–H groups in total. The lowest BCUT2D eigenvalue weighted by Gasteiger charge is -2.17. The van der Waals surface area contributed by atoms with E-state index in [4.69, 9.17) is 11.1 Å². The second kappa shape index (κ2) is 5.75. The first-order valence-corrected chi connectivity index (χ1v) is 7.47. The SMILES string of the molecule is N=C(N)SC[C@@H](Br)CN1C(=O)c2ccccc2C1=O. The summed E-state index contributed by atoms with van der Waals surface area (Å²) in [6, 6.07) is 6.79. The first-order valence-electron chi connectivity index (χ1n) is 5.57. The van der Waals surface area contributed by atoms with E-state index in [9.17, 15) is 9.59 Å². The molecule has 5 nitrogen and oxygen atoms in total. The fourth-order valence-corrected chi connectivity index (χ4v) is 2.99. The number of nitrogens with one attached hydrogen (secondary N) is 1. The van der Waals surface area contributed by atoms with Crippen molar-refractivity contribution in [1.82, 2.24) is 4.90 Å². The lowest BCUT2D eigenvalue weighted by atomic mass is 10.1. The number of nitrogens with zero attached hydrogens (tertiary/aromatic N) is 1. The van der Waals surface area contributed by atoms with E-state index in [1.165, 1.54) is 16.7 Å². The van der Waals surface area contributed by atoms with Crippen molar-refractivity contribution in [3.63, 3.8) is 0 Å². The molecule has 0 saturated heterocycles. The molecular formula is C12H12BrN3O2S. The predicted octanol–water partition coefficient (Wildman–Crippen LogP) is 1.67. The number of carbonyl (C=O) groups excluding carboxylic acids is 2. The zero-order valence-electron chi connectivity index (χ0n) is 9.93. The van der Waals surface area contributed by atoms with Crippen molar-refractivity contribution < 1.29 is 9.59 Å². The maximum atomic E-state index is 12.1. The molecule has 2 rings (SSSR count). The zero-order chi connectivity index (χ0) is 14.0. The van der Waals surface area contributed by atoms with Gasteiger partial charge in [0.1, 0.15) is 0 Å². The Hall–Kier alpha value is -1.34. The van der Waals surface area contributed by atoms with Crippen LogP contribution in [0.4, 0.5) is 0 Å². The first-order chi connectivity index (χ1) is 9.00. The smallest absolute Gasteiger partial charge is 0.261 e. The minimum atomic E-state index is -0.266. The average molecular weight is 342 g/mol. The van der Waals surface area contributed by atoms with Gasteiger partial charge in [0.05, 0.1) is 11.1 Å². The fourth-order valence-electron chi connectivity index (χ4n) is 1.84. The molecule has 1 heterocycles. The summed E-state index contributed by atoms with van der Waals surface area (Å²) in [7, 11) is 0. The Balaban J connectivity index is 2.06. The average Bonchev–Trinajstić information content (AvgIpc) is 2.62. The van der Waals surface area contributed by atoms with Crippen molar-refractivity contribution in [2.75, 3.05) is 12.3 Å². The highest BCUT2D eigenvalue weighted by molar-refractivity contribution is 9.09. The van der Waals surface area contributed by atoms with E-state index in [0.29, 0.717) is 16.9 Å². The van der Waals surface area contributed by atoms with Gasteiger partial charge in [0.25, 0.3) is 11.8 Å². The second-order valence-electron chi connectivity index (χ2n) is 4.04. The molecule has 0 radical (unpaired) electrons. The molecule has 0 unspecified atom stereocenters. The Morgan fingerprint density at radius 2 is 1.84 bits per heavy atom. The Morgan fingerprint density at radius 3 is 2.32 bits per heavy atom. The molecule has 1 aliphatic rings. The number of benzene rings is 1. The molecule has 1 aromatic rings. The number of carbonyl (C=O) groups is 2. The van der Waals surface area contributed by atoms with Crippen molar-refractivity contribution in [1.29, 1.82) is 5.41 Å². The van der Waals surface area contributed by atoms with Crippen LogP contribution in [0.5, 0.6) is 0 Å². The van der Waals surface area contributed by atoms with Crippen LogP contribution in [-0.2, 0) is 0 Å². The van der Waals surface area contributed by atoms with Crippen LogP contribution in [0.1, 0.15) is 20.7 Å². The molecule has 0 saturated carbocycles. The molecule has 0 fully saturated rings. The summed E-state index contributed by atoms with van der Waals surface area (Å²) >= 11 is 4.57. The number of alkyl halides is 1. The number of halogens is 1. The predicted molar refractivity (Wildman–Crippen MR) is 78.9 cm³/mol. The van der Waals surface area contributed by atoms with Gasteiger partial charge in [-0.15, -0.1) is 0 Å². The van der Waals surface area contributed by atoms with Crippen LogP contribution in [-0.4, -0.2) is 39.0 Å². The lowest BCUT2D eigenvalue weighted by molar-refractivity contribution is 0.0657. The number of imide groups is 1. The third-order valence-electron chi connectivity index (χ3n) is 2.68. The van der Waals surface area contributed by atoms with Gasteiger partial charge in [-0.2, -0.15) is 0 Å². The molecule has 1 atom stereocenters. The largest absolute Gasteiger partial charge is 0.379 e. The van der Waals surface area contributed by atoms with Crippen LogP contribution in [0.25, 0.3) is 0 Å². The Labute approximate surface area is 123 Å². The van der Waals surface area contributed by atoms with E-state index in [0.717, 1.165) is 0 Å². The molecule has 1 aromatic carbocycles. The van der Waals surface area contributed by atoms with Crippen molar-refractivity contribution in [3.05, 3.63) is 35.4 Å². The van der Waals surface area contributed by atoms with Crippen LogP contribution in [0.15, 0.2) is 24.3 Å². The van der Waals surface area contributed by atoms with Crippen LogP contribution >= 0.6 is 27.7 Å². The Bertz CT molecular complexity index is 515. The minimum absolute atomic E-state index is 0.0202. The molecule has 0 aliphatic carbocycles. The minimum Gasteiger partial charge on any atom is -0.379 e. The number of amidine groups is 1. The maximum absolute atomic E-state index is 12.1. The number of hydrogen-bond acceptors (Lipinski definition) is 4. The highest BCUT2D eigenvalue weighted by Gasteiger charge is 2.35. The molecule has 0 bridgehead atoms. The first kappa shape index (κ1) is 14.1. The molecular weight excluding hydrogens is 330 g/mol.